The van der Waals surface area contributed by atoms with Crippen LogP contribution < -0.4 is 0 Å². The van der Waals surface area contributed by atoms with Crippen LogP contribution in [0.15, 0.2) is 24.3 Å². The summed E-state index contributed by atoms with van der Waals surface area (Å²) in [4.78, 5) is 2.41. The van der Waals surface area contributed by atoms with Crippen molar-refractivity contribution in [2.45, 2.75) is 19.8 Å². The van der Waals surface area contributed by atoms with E-state index in [1.807, 2.05) is 12.1 Å². The topological polar surface area (TPSA) is 23.5 Å². The van der Waals surface area contributed by atoms with E-state index in [9.17, 15) is 5.11 Å². The molecule has 2 nitrogen and oxygen atoms in total. The molecule has 1 heterocycles. The monoisotopic (exact) mass is 255 g/mol. The summed E-state index contributed by atoms with van der Waals surface area (Å²) in [5.41, 5.74) is 1.26. The van der Waals surface area contributed by atoms with Gasteiger partial charge in [0.05, 0.1) is 0 Å². The number of nitrogens with zero attached hydrogens (tertiary/aromatic N) is 1. The number of rotatable bonds is 2. The average Bonchev–Trinajstić information content (AvgIpc) is 2.24. The first-order chi connectivity index (χ1) is 7.65. The first kappa shape index (κ1) is 14.3. The first-order valence-corrected chi connectivity index (χ1v) is 6.11. The summed E-state index contributed by atoms with van der Waals surface area (Å²) in [5.74, 6) is 1.90. The second kappa shape index (κ2) is 6.27. The maximum absolute atomic E-state index is 9.45. The van der Waals surface area contributed by atoms with Gasteiger partial charge in [0.2, 0.25) is 0 Å². The van der Waals surface area contributed by atoms with Crippen LogP contribution in [0.2, 0.25) is 0 Å². The summed E-state index contributed by atoms with van der Waals surface area (Å²) < 4.78 is 0. The van der Waals surface area contributed by atoms with Gasteiger partial charge in [-0.3, -0.25) is 0 Å². The summed E-state index contributed by atoms with van der Waals surface area (Å²) in [5, 5.41) is 9.45. The molecular formula is C14H22ClNO. The van der Waals surface area contributed by atoms with Gasteiger partial charge in [0, 0.05) is 6.54 Å². The van der Waals surface area contributed by atoms with Gasteiger partial charge in [-0.2, -0.15) is 0 Å². The Morgan fingerprint density at radius 1 is 1.41 bits per heavy atom. The van der Waals surface area contributed by atoms with E-state index in [0.29, 0.717) is 5.75 Å². The van der Waals surface area contributed by atoms with Crippen LogP contribution in [0, 0.1) is 11.8 Å². The highest BCUT2D eigenvalue weighted by molar-refractivity contribution is 5.85. The van der Waals surface area contributed by atoms with Crippen molar-refractivity contribution in [3.63, 3.8) is 0 Å². The van der Waals surface area contributed by atoms with Gasteiger partial charge < -0.3 is 10.0 Å². The Morgan fingerprint density at radius 3 is 2.88 bits per heavy atom. The Kier molecular flexibility index (Phi) is 5.29. The summed E-state index contributed by atoms with van der Waals surface area (Å²) >= 11 is 0. The van der Waals surface area contributed by atoms with Gasteiger partial charge >= 0.3 is 0 Å². The van der Waals surface area contributed by atoms with E-state index >= 15 is 0 Å². The van der Waals surface area contributed by atoms with Crippen molar-refractivity contribution in [1.29, 1.82) is 0 Å². The molecule has 1 fully saturated rings. The lowest BCUT2D eigenvalue weighted by molar-refractivity contribution is 0.153. The molecular weight excluding hydrogens is 234 g/mol. The van der Waals surface area contributed by atoms with E-state index < -0.39 is 0 Å². The molecule has 1 aromatic carbocycles. The smallest absolute Gasteiger partial charge is 0.115 e. The van der Waals surface area contributed by atoms with E-state index in [1.165, 1.54) is 25.1 Å². The molecule has 1 saturated heterocycles. The van der Waals surface area contributed by atoms with Crippen molar-refractivity contribution in [1.82, 2.24) is 4.90 Å². The molecule has 1 aromatic rings. The van der Waals surface area contributed by atoms with Gasteiger partial charge in [-0.1, -0.05) is 19.1 Å². The highest BCUT2D eigenvalue weighted by atomic mass is 35.5. The van der Waals surface area contributed by atoms with Crippen molar-refractivity contribution < 1.29 is 5.11 Å². The molecule has 1 N–H and O–H groups in total. The lowest BCUT2D eigenvalue weighted by atomic mass is 9.83. The molecule has 96 valence electrons. The molecule has 2 unspecified atom stereocenters. The Hall–Kier alpha value is -0.730. The van der Waals surface area contributed by atoms with Gasteiger partial charge in [0.1, 0.15) is 5.75 Å². The number of aromatic hydroxyl groups is 1. The fourth-order valence-corrected chi connectivity index (χ4v) is 2.58. The minimum atomic E-state index is 0. The summed E-state index contributed by atoms with van der Waals surface area (Å²) in [7, 11) is 2.20. The second-order valence-corrected chi connectivity index (χ2v) is 5.16. The van der Waals surface area contributed by atoms with Gasteiger partial charge in [0.25, 0.3) is 0 Å². The van der Waals surface area contributed by atoms with E-state index in [4.69, 9.17) is 0 Å². The van der Waals surface area contributed by atoms with E-state index in [0.717, 1.165) is 18.3 Å². The fourth-order valence-electron chi connectivity index (χ4n) is 2.58. The van der Waals surface area contributed by atoms with Crippen LogP contribution in [0.25, 0.3) is 0 Å². The van der Waals surface area contributed by atoms with Gasteiger partial charge in [-0.25, -0.2) is 0 Å². The molecule has 0 aliphatic carbocycles. The molecule has 0 radical (unpaired) electrons. The third-order valence-electron chi connectivity index (χ3n) is 3.73. The number of piperidine rings is 1. The molecule has 0 spiro atoms. The fraction of sp³-hybridized carbons (Fsp3) is 0.571. The average molecular weight is 256 g/mol. The number of hydrogen-bond donors (Lipinski definition) is 1. The Bertz CT molecular complexity index is 356. The third kappa shape index (κ3) is 3.90. The number of phenolic OH excluding ortho intramolecular Hbond substituents is 1. The minimum Gasteiger partial charge on any atom is -0.508 e. The number of likely N-dealkylation sites (tertiary alicyclic amines) is 1. The zero-order valence-electron chi connectivity index (χ0n) is 10.6. The highest BCUT2D eigenvalue weighted by Crippen LogP contribution is 2.26. The second-order valence-electron chi connectivity index (χ2n) is 5.16. The molecule has 17 heavy (non-hydrogen) atoms. The zero-order valence-corrected chi connectivity index (χ0v) is 11.4. The quantitative estimate of drug-likeness (QED) is 0.878. The van der Waals surface area contributed by atoms with Crippen LogP contribution in [-0.2, 0) is 6.42 Å². The SMILES string of the molecule is CC1CCN(C)CC1Cc1cccc(O)c1.Cl. The first-order valence-electron chi connectivity index (χ1n) is 6.11. The number of halogens is 1. The Balaban J connectivity index is 0.00000144. The largest absolute Gasteiger partial charge is 0.508 e. The van der Waals surface area contributed by atoms with E-state index in [1.54, 1.807) is 6.07 Å². The summed E-state index contributed by atoms with van der Waals surface area (Å²) in [6.45, 7) is 4.75. The van der Waals surface area contributed by atoms with Crippen molar-refractivity contribution in [2.75, 3.05) is 20.1 Å². The molecule has 3 heteroatoms. The standard InChI is InChI=1S/C14H21NO.ClH/c1-11-6-7-15(2)10-13(11)8-12-4-3-5-14(16)9-12;/h3-5,9,11,13,16H,6-8,10H2,1-2H3;1H. The molecule has 0 aromatic heterocycles. The van der Waals surface area contributed by atoms with Crippen molar-refractivity contribution in [2.24, 2.45) is 11.8 Å². The normalized spacial score (nSPS) is 25.3. The van der Waals surface area contributed by atoms with E-state index in [2.05, 4.69) is 24.9 Å². The molecule has 2 atom stereocenters. The van der Waals surface area contributed by atoms with Crippen LogP contribution in [-0.4, -0.2) is 30.1 Å². The number of benzene rings is 1. The predicted octanol–water partition coefficient (Wildman–Crippen LogP) is 2.94. The Labute approximate surface area is 110 Å². The van der Waals surface area contributed by atoms with Crippen molar-refractivity contribution >= 4 is 12.4 Å². The van der Waals surface area contributed by atoms with Gasteiger partial charge in [0.15, 0.2) is 0 Å². The molecule has 0 bridgehead atoms. The van der Waals surface area contributed by atoms with Crippen LogP contribution in [0.5, 0.6) is 5.75 Å². The van der Waals surface area contributed by atoms with Crippen LogP contribution in [0.4, 0.5) is 0 Å². The van der Waals surface area contributed by atoms with Crippen LogP contribution in [0.1, 0.15) is 18.9 Å². The Morgan fingerprint density at radius 2 is 2.18 bits per heavy atom. The molecule has 0 amide bonds. The van der Waals surface area contributed by atoms with Crippen molar-refractivity contribution in [3.8, 4) is 5.75 Å². The zero-order chi connectivity index (χ0) is 11.5. The predicted molar refractivity (Wildman–Crippen MR) is 73.8 cm³/mol. The summed E-state index contributed by atoms with van der Waals surface area (Å²) in [6, 6.07) is 7.67. The highest BCUT2D eigenvalue weighted by Gasteiger charge is 2.24. The third-order valence-corrected chi connectivity index (χ3v) is 3.73. The molecule has 1 aliphatic heterocycles. The molecule has 0 saturated carbocycles. The van der Waals surface area contributed by atoms with Crippen LogP contribution in [0.3, 0.4) is 0 Å². The maximum Gasteiger partial charge on any atom is 0.115 e. The van der Waals surface area contributed by atoms with Crippen LogP contribution >= 0.6 is 12.4 Å². The van der Waals surface area contributed by atoms with Gasteiger partial charge in [-0.05, 0) is 56.0 Å². The van der Waals surface area contributed by atoms with Crippen molar-refractivity contribution in [3.05, 3.63) is 29.8 Å². The van der Waals surface area contributed by atoms with Gasteiger partial charge in [-0.15, -0.1) is 12.4 Å². The number of phenols is 1. The molecule has 2 rings (SSSR count). The molecule has 1 aliphatic rings. The lowest BCUT2D eigenvalue weighted by Crippen LogP contribution is -2.37. The lowest BCUT2D eigenvalue weighted by Gasteiger charge is -2.35. The minimum absolute atomic E-state index is 0. The summed E-state index contributed by atoms with van der Waals surface area (Å²) in [6.07, 6.45) is 2.37. The number of hydrogen-bond acceptors (Lipinski definition) is 2. The maximum atomic E-state index is 9.45. The van der Waals surface area contributed by atoms with E-state index in [-0.39, 0.29) is 12.4 Å².